The molecule has 23 rings (SSSR count). The first-order valence-electron chi connectivity index (χ1n) is 25.5. The summed E-state index contributed by atoms with van der Waals surface area (Å²) in [7, 11) is 0. The number of benzene rings is 1. The van der Waals surface area contributed by atoms with Crippen molar-refractivity contribution >= 4 is 23.6 Å². The Balaban J connectivity index is 1.12. The van der Waals surface area contributed by atoms with Gasteiger partial charge < -0.3 is 154 Å². The van der Waals surface area contributed by atoms with Crippen LogP contribution in [-0.2, 0) is 66.4 Å². The molecule has 0 saturated carbocycles. The average Bonchev–Trinajstić information content (AvgIpc) is 3.55. The maximum atomic E-state index is 13.7. The lowest BCUT2D eigenvalue weighted by Crippen LogP contribution is -2.70. The van der Waals surface area contributed by atoms with Crippen LogP contribution in [0.25, 0.3) is 6.08 Å². The Kier molecular flexibility index (Phi) is 21.3. The van der Waals surface area contributed by atoms with Gasteiger partial charge in [-0.1, -0.05) is 12.1 Å². The molecule has 30 atom stereocenters. The highest BCUT2D eigenvalue weighted by molar-refractivity contribution is 5.92. The Bertz CT molecular complexity index is 2180. The summed E-state index contributed by atoms with van der Waals surface area (Å²) in [5.41, 5.74) is 0.884. The first-order valence-corrected chi connectivity index (χ1v) is 25.5. The van der Waals surface area contributed by atoms with Gasteiger partial charge in [-0.3, -0.25) is 9.59 Å². The van der Waals surface area contributed by atoms with E-state index in [-0.39, 0.29) is 5.91 Å². The lowest BCUT2D eigenvalue weighted by molar-refractivity contribution is -0.401. The molecule has 22 aliphatic rings. The van der Waals surface area contributed by atoms with Gasteiger partial charge in [0.1, 0.15) is 140 Å². The normalized spacial score (nSPS) is 47.6. The van der Waals surface area contributed by atoms with Gasteiger partial charge in [-0.25, -0.2) is 0 Å². The van der Waals surface area contributed by atoms with E-state index < -0.39 is 230 Å². The highest BCUT2D eigenvalue weighted by Crippen LogP contribution is 2.38. The fourth-order valence-electron chi connectivity index (χ4n) is 10.4. The van der Waals surface area contributed by atoms with Crippen molar-refractivity contribution in [3.63, 3.8) is 0 Å². The van der Waals surface area contributed by atoms with Gasteiger partial charge in [0, 0.05) is 18.7 Å². The first-order chi connectivity index (χ1) is 38.2. The Morgan fingerprint density at radius 1 is 0.388 bits per heavy atom. The van der Waals surface area contributed by atoms with E-state index in [0.717, 1.165) is 6.08 Å². The van der Waals surface area contributed by atoms with Crippen LogP contribution in [-0.4, -0.2) is 322 Å². The van der Waals surface area contributed by atoms with Gasteiger partial charge in [0.05, 0.1) is 45.7 Å². The quantitative estimate of drug-likeness (QED) is 0.0968. The molecule has 0 aromatic heterocycles. The summed E-state index contributed by atoms with van der Waals surface area (Å²) >= 11 is 0. The smallest absolute Gasteiger partial charge is 0.244 e. The van der Waals surface area contributed by atoms with E-state index in [0.29, 0.717) is 11.3 Å². The molecule has 0 radical (unpaired) electrons. The van der Waals surface area contributed by atoms with Gasteiger partial charge >= 0.3 is 0 Å². The monoisotopic (exact) mass is 1160 g/mol. The fourth-order valence-corrected chi connectivity index (χ4v) is 10.4. The molecule has 33 heteroatoms. The van der Waals surface area contributed by atoms with Crippen LogP contribution >= 0.6 is 0 Å². The lowest BCUT2D eigenvalue weighted by atomic mass is 9.93. The molecule has 0 unspecified atom stereocenters. The molecule has 80 heavy (non-hydrogen) atoms. The maximum Gasteiger partial charge on any atom is 0.244 e. The van der Waals surface area contributed by atoms with Crippen LogP contribution in [0.2, 0.25) is 0 Å². The van der Waals surface area contributed by atoms with Crippen molar-refractivity contribution in [3.05, 3.63) is 35.9 Å². The number of amides is 2. The van der Waals surface area contributed by atoms with Crippen molar-refractivity contribution in [1.29, 1.82) is 0 Å². The van der Waals surface area contributed by atoms with Gasteiger partial charge in [0.2, 0.25) is 11.8 Å². The predicted octanol–water partition coefficient (Wildman–Crippen LogP) is -11.3. The molecular weight excluding hydrogens is 1090 g/mol. The number of carbonyl (C=O) groups excluding carboxylic acids is 2. The van der Waals surface area contributed by atoms with E-state index in [1.165, 1.54) is 13.0 Å². The molecule has 22 saturated heterocycles. The molecule has 33 nitrogen and oxygen atoms in total. The highest BCUT2D eigenvalue weighted by Gasteiger charge is 2.59. The molecule has 1 aromatic rings. The number of aliphatic hydroxyl groups excluding tert-OH is 17. The molecule has 19 N–H and O–H groups in total. The number of nitrogens with one attached hydrogen (secondary N) is 2. The van der Waals surface area contributed by atoms with E-state index in [1.807, 2.05) is 0 Å². The molecule has 1 aromatic carbocycles. The molecule has 2 amide bonds. The molecule has 22 fully saturated rings. The predicted molar refractivity (Wildman–Crippen MR) is 252 cm³/mol. The van der Waals surface area contributed by atoms with E-state index >= 15 is 0 Å². The van der Waals surface area contributed by atoms with Crippen LogP contribution in [0.5, 0.6) is 0 Å². The molecule has 12 bridgehead atoms. The van der Waals surface area contributed by atoms with Gasteiger partial charge in [-0.05, 0) is 23.8 Å². The van der Waals surface area contributed by atoms with E-state index in [4.69, 9.17) is 56.8 Å². The Morgan fingerprint density at radius 3 is 0.925 bits per heavy atom. The Labute approximate surface area is 453 Å². The summed E-state index contributed by atoms with van der Waals surface area (Å²) in [4.78, 5) is 25.3. The van der Waals surface area contributed by atoms with Crippen LogP contribution in [0.15, 0.2) is 30.3 Å². The minimum Gasteiger partial charge on any atom is -0.394 e. The van der Waals surface area contributed by atoms with Crippen molar-refractivity contribution in [2.75, 3.05) is 45.0 Å². The highest BCUT2D eigenvalue weighted by atomic mass is 16.8. The van der Waals surface area contributed by atoms with Gasteiger partial charge in [0.15, 0.2) is 37.7 Å². The number of rotatable bonds is 10. The minimum absolute atomic E-state index is 0.337. The summed E-state index contributed by atoms with van der Waals surface area (Å²) in [6.07, 6.45) is -55.4. The third-order valence-electron chi connectivity index (χ3n) is 14.7. The van der Waals surface area contributed by atoms with Crippen molar-refractivity contribution in [2.24, 2.45) is 0 Å². The van der Waals surface area contributed by atoms with Crippen molar-refractivity contribution in [2.45, 2.75) is 191 Å². The second-order valence-corrected chi connectivity index (χ2v) is 20.0. The van der Waals surface area contributed by atoms with Gasteiger partial charge in [-0.2, -0.15) is 0 Å². The second kappa shape index (κ2) is 27.2. The number of aliphatic hydroxyl groups is 17. The zero-order valence-corrected chi connectivity index (χ0v) is 42.3. The number of anilines is 1. The zero-order chi connectivity index (χ0) is 58.0. The number of hydrogen-bond acceptors (Lipinski definition) is 31. The maximum absolute atomic E-state index is 13.7. The van der Waals surface area contributed by atoms with Crippen LogP contribution in [0.3, 0.4) is 0 Å². The molecule has 0 aliphatic carbocycles. The summed E-state index contributed by atoms with van der Waals surface area (Å²) in [5.74, 6) is -1.29. The molecule has 22 aliphatic heterocycles. The van der Waals surface area contributed by atoms with Crippen LogP contribution in [0.4, 0.5) is 5.69 Å². The Morgan fingerprint density at radius 2 is 0.650 bits per heavy atom. The van der Waals surface area contributed by atoms with Gasteiger partial charge in [0.25, 0.3) is 0 Å². The average molecular weight is 1160 g/mol. The summed E-state index contributed by atoms with van der Waals surface area (Å²) in [6, 6.07) is 4.37. The van der Waals surface area contributed by atoms with E-state index in [1.54, 1.807) is 24.3 Å². The summed E-state index contributed by atoms with van der Waals surface area (Å²) < 4.78 is 69.6. The second-order valence-electron chi connectivity index (χ2n) is 20.0. The summed E-state index contributed by atoms with van der Waals surface area (Å²) in [5, 5.41) is 194. The minimum atomic E-state index is -2.22. The van der Waals surface area contributed by atoms with Crippen molar-refractivity contribution in [1.82, 2.24) is 5.32 Å². The Hall–Kier alpha value is -3.26. The van der Waals surface area contributed by atoms with Crippen molar-refractivity contribution < 1.29 is 153 Å². The number of hydrogen-bond donors (Lipinski definition) is 19. The van der Waals surface area contributed by atoms with Crippen LogP contribution in [0.1, 0.15) is 12.5 Å². The zero-order valence-electron chi connectivity index (χ0n) is 42.3. The van der Waals surface area contributed by atoms with Crippen LogP contribution in [0, 0.1) is 0 Å². The molecular formula is C47H70N2O31. The third-order valence-corrected chi connectivity index (χ3v) is 14.7. The topological polar surface area (TPSA) is 513 Å². The van der Waals surface area contributed by atoms with E-state index in [9.17, 15) is 96.4 Å². The lowest BCUT2D eigenvalue weighted by Gasteiger charge is -2.51. The summed E-state index contributed by atoms with van der Waals surface area (Å²) in [6.45, 7) is -4.91. The number of carbonyl (C=O) groups is 2. The standard InChI is InChI=1S/C47H70N2O31/c1-14(56)48-16-5-2-15(3-6-16)4-7-23(57)49-24-25(58)42-69-17(8-50)36(24)75-43-31(64)26(59)38(19(10-52)70-43)77-45-33(66)28(61)40(21(12-54)72-45)79-47-35(68)30(63)41(22(13-55)74-47)80-46-34(67)29(62)39(20(11-53)73-46)78-44-32(65)27(60)37(76-42)18(9-51)71-44/h2-7,17-22,24-47,50-55,58-68H,8-13H2,1H3,(H,48,56)(H,49,57)/b7-4-/t17-,18-,19-,20-,21-,22-,24-,25-,26-,27-,28-,29-,30-,31-,32-,33-,34-,35-,36-,37-,38-,39-,40-,41-,42-,43-,44-,45-,46-,47-/m1/s1. The SMILES string of the molecule is CC(=O)Nc1ccc(/C=C\C(=O)N[C@@H]2[C@@H](O)[C@H]3O[C@H]4[C@H](O)[C@@H](O)[C@@H](O[C@H]5[C@H](O)[C@@H](O)[C@@H](O[C@H]6[C@H](O)[C@@H](O)[C@@H](O[C@H]7[C@H](O)[C@@H](O)[C@@H](O[C@H]8[C@H](O)[C@@H](O)[C@@H](O[C@@H]2[C@@H](CO)O3)O[C@@H]8CO)O[C@@H]7CO)O[C@@H]6CO)O[C@@H]5CO)O[C@@H]4CO)cc1. The molecule has 0 spiro atoms. The van der Waals surface area contributed by atoms with Crippen LogP contribution < -0.4 is 10.6 Å². The third kappa shape index (κ3) is 13.2. The van der Waals surface area contributed by atoms with E-state index in [2.05, 4.69) is 10.6 Å². The van der Waals surface area contributed by atoms with Crippen molar-refractivity contribution in [3.8, 4) is 0 Å². The number of ether oxygens (including phenoxy) is 12. The molecule has 22 heterocycles. The first kappa shape index (κ1) is 62.8. The fraction of sp³-hybridized carbons (Fsp3) is 0.787. The van der Waals surface area contributed by atoms with Gasteiger partial charge in [-0.15, -0.1) is 0 Å². The largest absolute Gasteiger partial charge is 0.394 e. The molecule has 454 valence electrons.